The van der Waals surface area contributed by atoms with Crippen LogP contribution in [0, 0.1) is 6.92 Å². The van der Waals surface area contributed by atoms with Crippen molar-refractivity contribution >= 4 is 22.2 Å². The normalized spacial score (nSPS) is 10.2. The lowest BCUT2D eigenvalue weighted by Crippen LogP contribution is -2.13. The molecule has 0 aliphatic carbocycles. The van der Waals surface area contributed by atoms with Crippen molar-refractivity contribution in [3.63, 3.8) is 0 Å². The monoisotopic (exact) mass is 291 g/mol. The second-order valence-corrected chi connectivity index (χ2v) is 4.62. The number of halogens is 1. The third-order valence-electron chi connectivity index (χ3n) is 2.49. The number of hydrogen-bond acceptors (Lipinski definition) is 2. The van der Waals surface area contributed by atoms with E-state index < -0.39 is 0 Å². The summed E-state index contributed by atoms with van der Waals surface area (Å²) in [7, 11) is 0. The van der Waals surface area contributed by atoms with Crippen molar-refractivity contribution < 1.29 is 4.79 Å². The average Bonchev–Trinajstić information content (AvgIpc) is 2.29. The Balaban J connectivity index is 2.67. The van der Waals surface area contributed by atoms with Crippen LogP contribution in [0.1, 0.15) is 16.1 Å². The molecule has 86 valence electrons. The van der Waals surface area contributed by atoms with E-state index in [0.29, 0.717) is 6.29 Å². The fourth-order valence-corrected chi connectivity index (χ4v) is 2.03. The van der Waals surface area contributed by atoms with E-state index in [1.165, 1.54) is 6.07 Å². The molecule has 0 aliphatic heterocycles. The predicted molar refractivity (Wildman–Crippen MR) is 69.9 cm³/mol. The zero-order chi connectivity index (χ0) is 12.4. The Labute approximate surface area is 107 Å². The molecule has 0 saturated carbocycles. The van der Waals surface area contributed by atoms with E-state index in [2.05, 4.69) is 15.9 Å². The van der Waals surface area contributed by atoms with Gasteiger partial charge in [0.2, 0.25) is 0 Å². The Hall–Kier alpha value is -1.68. The van der Waals surface area contributed by atoms with Gasteiger partial charge in [0.15, 0.2) is 11.7 Å². The topological polar surface area (TPSA) is 39.1 Å². The summed E-state index contributed by atoms with van der Waals surface area (Å²) in [5.41, 5.74) is 1.61. The van der Waals surface area contributed by atoms with Gasteiger partial charge >= 0.3 is 0 Å². The minimum atomic E-state index is -0.247. The Bertz CT molecular complexity index is 632. The van der Waals surface area contributed by atoms with Crippen LogP contribution in [0.15, 0.2) is 45.8 Å². The Morgan fingerprint density at radius 3 is 2.71 bits per heavy atom. The molecule has 0 N–H and O–H groups in total. The number of nitrogens with zero attached hydrogens (tertiary/aromatic N) is 1. The molecule has 1 heterocycles. The molecule has 2 rings (SSSR count). The maximum absolute atomic E-state index is 11.5. The second kappa shape index (κ2) is 4.67. The highest BCUT2D eigenvalue weighted by atomic mass is 79.9. The number of aromatic nitrogens is 1. The molecule has 1 aromatic heterocycles. The molecule has 0 aliphatic rings. The van der Waals surface area contributed by atoms with Crippen molar-refractivity contribution in [2.45, 2.75) is 6.92 Å². The molecule has 4 heteroatoms. The molecule has 0 fully saturated rings. The van der Waals surface area contributed by atoms with Gasteiger partial charge in [-0.15, -0.1) is 0 Å². The number of carbonyl (C=O) groups excluding carboxylic acids is 1. The van der Waals surface area contributed by atoms with E-state index in [-0.39, 0.29) is 11.0 Å². The third kappa shape index (κ3) is 2.36. The molecule has 17 heavy (non-hydrogen) atoms. The van der Waals surface area contributed by atoms with Crippen molar-refractivity contribution in [1.29, 1.82) is 0 Å². The summed E-state index contributed by atoms with van der Waals surface area (Å²) >= 11 is 3.39. The summed E-state index contributed by atoms with van der Waals surface area (Å²) < 4.78 is 2.76. The first-order valence-electron chi connectivity index (χ1n) is 5.06. The van der Waals surface area contributed by atoms with Crippen LogP contribution in [-0.2, 0) is 0 Å². The standard InChI is InChI=1S/C13H10BrNO2/c1-9-5-13(17)10(8-16)7-15(9)12-4-2-3-11(14)6-12/h2-8H,1H3. The van der Waals surface area contributed by atoms with Crippen molar-refractivity contribution in [2.24, 2.45) is 0 Å². The molecule has 0 radical (unpaired) electrons. The summed E-state index contributed by atoms with van der Waals surface area (Å²) in [6, 6.07) is 9.12. The quantitative estimate of drug-likeness (QED) is 0.798. The summed E-state index contributed by atoms with van der Waals surface area (Å²) in [5, 5.41) is 0. The highest BCUT2D eigenvalue weighted by molar-refractivity contribution is 9.10. The van der Waals surface area contributed by atoms with Crippen molar-refractivity contribution in [3.05, 3.63) is 62.5 Å². The molecule has 0 atom stereocenters. The van der Waals surface area contributed by atoms with E-state index in [9.17, 15) is 9.59 Å². The van der Waals surface area contributed by atoms with Gasteiger partial charge in [-0.2, -0.15) is 0 Å². The minimum Gasteiger partial charge on any atom is -0.320 e. The molecule has 0 spiro atoms. The van der Waals surface area contributed by atoms with Crippen LogP contribution in [0.5, 0.6) is 0 Å². The zero-order valence-corrected chi connectivity index (χ0v) is 10.8. The van der Waals surface area contributed by atoms with Gasteiger partial charge in [0.1, 0.15) is 0 Å². The Morgan fingerprint density at radius 1 is 1.29 bits per heavy atom. The smallest absolute Gasteiger partial charge is 0.192 e. The second-order valence-electron chi connectivity index (χ2n) is 3.70. The minimum absolute atomic E-state index is 0.163. The van der Waals surface area contributed by atoms with Gasteiger partial charge in [-0.3, -0.25) is 9.59 Å². The van der Waals surface area contributed by atoms with Crippen LogP contribution in [0.25, 0.3) is 5.69 Å². The molecule has 3 nitrogen and oxygen atoms in total. The number of aldehydes is 1. The third-order valence-corrected chi connectivity index (χ3v) is 2.98. The maximum Gasteiger partial charge on any atom is 0.192 e. The van der Waals surface area contributed by atoms with Crippen molar-refractivity contribution in [2.75, 3.05) is 0 Å². The number of hydrogen-bond donors (Lipinski definition) is 0. The number of benzene rings is 1. The molecule has 0 bridgehead atoms. The zero-order valence-electron chi connectivity index (χ0n) is 9.18. The molecular formula is C13H10BrNO2. The number of pyridine rings is 1. The lowest BCUT2D eigenvalue weighted by molar-refractivity contribution is 0.112. The lowest BCUT2D eigenvalue weighted by Gasteiger charge is -2.11. The first kappa shape index (κ1) is 11.8. The number of rotatable bonds is 2. The van der Waals surface area contributed by atoms with Gasteiger partial charge in [-0.05, 0) is 25.1 Å². The molecule has 0 unspecified atom stereocenters. The van der Waals surface area contributed by atoms with Crippen LogP contribution >= 0.6 is 15.9 Å². The fraction of sp³-hybridized carbons (Fsp3) is 0.0769. The van der Waals surface area contributed by atoms with Crippen molar-refractivity contribution in [3.8, 4) is 5.69 Å². The lowest BCUT2D eigenvalue weighted by atomic mass is 10.2. The fourth-order valence-electron chi connectivity index (χ4n) is 1.64. The molecule has 2 aromatic rings. The van der Waals surface area contributed by atoms with Gasteiger partial charge in [0.05, 0.1) is 5.56 Å². The molecule has 0 saturated heterocycles. The highest BCUT2D eigenvalue weighted by Crippen LogP contribution is 2.16. The van der Waals surface area contributed by atoms with Crippen LogP contribution in [0.2, 0.25) is 0 Å². The van der Waals surface area contributed by atoms with Crippen LogP contribution in [0.4, 0.5) is 0 Å². The van der Waals surface area contributed by atoms with E-state index in [4.69, 9.17) is 0 Å². The van der Waals surface area contributed by atoms with Crippen molar-refractivity contribution in [1.82, 2.24) is 4.57 Å². The first-order chi connectivity index (χ1) is 8.11. The van der Waals surface area contributed by atoms with Gasteiger partial charge in [0.25, 0.3) is 0 Å². The summed E-state index contributed by atoms with van der Waals surface area (Å²) in [6.07, 6.45) is 2.14. The maximum atomic E-state index is 11.5. The van der Waals surface area contributed by atoms with Crippen LogP contribution in [0.3, 0.4) is 0 Å². The van der Waals surface area contributed by atoms with Crippen LogP contribution in [-0.4, -0.2) is 10.9 Å². The van der Waals surface area contributed by atoms with E-state index in [1.54, 1.807) is 6.20 Å². The Kier molecular flexibility index (Phi) is 3.24. The van der Waals surface area contributed by atoms with E-state index in [0.717, 1.165) is 15.9 Å². The number of carbonyl (C=O) groups is 1. The Morgan fingerprint density at radius 2 is 2.06 bits per heavy atom. The largest absolute Gasteiger partial charge is 0.320 e. The summed E-state index contributed by atoms with van der Waals surface area (Å²) in [4.78, 5) is 22.2. The van der Waals surface area contributed by atoms with Crippen LogP contribution < -0.4 is 5.43 Å². The van der Waals surface area contributed by atoms with Gasteiger partial charge in [-0.25, -0.2) is 0 Å². The summed E-state index contributed by atoms with van der Waals surface area (Å²) in [6.45, 7) is 1.83. The summed E-state index contributed by atoms with van der Waals surface area (Å²) in [5.74, 6) is 0. The van der Waals surface area contributed by atoms with Gasteiger partial charge < -0.3 is 4.57 Å². The molecule has 0 amide bonds. The SMILES string of the molecule is Cc1cc(=O)c(C=O)cn1-c1cccc(Br)c1. The molecular weight excluding hydrogens is 282 g/mol. The van der Waals surface area contributed by atoms with E-state index >= 15 is 0 Å². The highest BCUT2D eigenvalue weighted by Gasteiger charge is 2.04. The number of aryl methyl sites for hydroxylation is 1. The first-order valence-corrected chi connectivity index (χ1v) is 5.85. The van der Waals surface area contributed by atoms with Gasteiger partial charge in [0, 0.05) is 28.1 Å². The van der Waals surface area contributed by atoms with Gasteiger partial charge in [-0.1, -0.05) is 22.0 Å². The van der Waals surface area contributed by atoms with E-state index in [1.807, 2.05) is 35.8 Å². The average molecular weight is 292 g/mol. The predicted octanol–water partition coefficient (Wildman–Crippen LogP) is 2.72. The molecule has 1 aromatic carbocycles.